The highest BCUT2D eigenvalue weighted by atomic mass is 79.9. The number of rotatable bonds is 7. The van der Waals surface area contributed by atoms with E-state index in [2.05, 4.69) is 354 Å². The normalized spacial score (nSPS) is 11.2. The minimum atomic E-state index is -1.44. The van der Waals surface area contributed by atoms with Crippen molar-refractivity contribution in [2.75, 3.05) is 0 Å². The Hall–Kier alpha value is -15.8. The Bertz CT molecular complexity index is 8750. The number of benzene rings is 18. The van der Waals surface area contributed by atoms with Crippen LogP contribution in [0.2, 0.25) is 0 Å². The van der Waals surface area contributed by atoms with E-state index in [9.17, 15) is 10.0 Å². The molecule has 8 aromatic heterocycles. The van der Waals surface area contributed by atoms with Crippen LogP contribution in [0.4, 0.5) is 0 Å². The summed E-state index contributed by atoms with van der Waals surface area (Å²) in [5.74, 6) is 0. The molecule has 26 aromatic rings. The summed E-state index contributed by atoms with van der Waals surface area (Å²) in [5, 5.41) is 42.4. The molecule has 0 aliphatic heterocycles. The van der Waals surface area contributed by atoms with E-state index in [0.29, 0.717) is 5.46 Å². The van der Waals surface area contributed by atoms with Crippen molar-refractivity contribution in [1.82, 2.24) is 39.9 Å². The average molecular weight is 1910 g/mol. The van der Waals surface area contributed by atoms with Crippen LogP contribution < -0.4 is 5.46 Å². The number of halogens is 3. The van der Waals surface area contributed by atoms with Gasteiger partial charge in [0.2, 0.25) is 0 Å². The van der Waals surface area contributed by atoms with E-state index < -0.39 is 7.12 Å². The Labute approximate surface area is 797 Å². The van der Waals surface area contributed by atoms with Gasteiger partial charge in [0.15, 0.2) is 0 Å². The summed E-state index contributed by atoms with van der Waals surface area (Å²) in [5.41, 5.74) is 20.8. The third kappa shape index (κ3) is 17.8. The van der Waals surface area contributed by atoms with Crippen LogP contribution in [0, 0.1) is 0 Å². The maximum absolute atomic E-state index is 9.42. The predicted octanol–water partition coefficient (Wildman–Crippen LogP) is 31.4. The van der Waals surface area contributed by atoms with Gasteiger partial charge in [0.1, 0.15) is 0 Å². The molecule has 26 rings (SSSR count). The van der Waals surface area contributed by atoms with Gasteiger partial charge in [-0.25, -0.2) is 24.9 Å². The van der Waals surface area contributed by atoms with E-state index in [1.807, 2.05) is 152 Å². The van der Waals surface area contributed by atoms with Crippen molar-refractivity contribution in [2.24, 2.45) is 0 Å². The summed E-state index contributed by atoms with van der Waals surface area (Å²) in [4.78, 5) is 38.1. The van der Waals surface area contributed by atoms with Crippen molar-refractivity contribution in [3.63, 3.8) is 0 Å². The molecule has 0 amide bonds. The highest BCUT2D eigenvalue weighted by Crippen LogP contribution is 2.41. The zero-order valence-electron chi connectivity index (χ0n) is 72.1. The molecule has 0 saturated heterocycles. The van der Waals surface area contributed by atoms with Gasteiger partial charge in [0.05, 0.1) is 72.6 Å². The van der Waals surface area contributed by atoms with Crippen LogP contribution in [0.25, 0.3) is 219 Å². The van der Waals surface area contributed by atoms with E-state index in [0.717, 1.165) is 173 Å². The summed E-state index contributed by atoms with van der Waals surface area (Å²) >= 11 is 10.1. The number of hydrogen-bond donors (Lipinski definition) is 2. The quantitative estimate of drug-likeness (QED) is 0.117. The Morgan fingerprint density at radius 1 is 0.164 bits per heavy atom. The van der Waals surface area contributed by atoms with Crippen LogP contribution in [-0.4, -0.2) is 57.0 Å². The summed E-state index contributed by atoms with van der Waals surface area (Å²) < 4.78 is 3.29. The van der Waals surface area contributed by atoms with Gasteiger partial charge in [-0.15, -0.1) is 0 Å². The highest BCUT2D eigenvalue weighted by Gasteiger charge is 2.18. The molecule has 0 atom stereocenters. The van der Waals surface area contributed by atoms with Gasteiger partial charge in [-0.3, -0.25) is 15.0 Å². The molecule has 0 aliphatic carbocycles. The molecule has 14 heteroatoms. The maximum Gasteiger partial charge on any atom is 0.488 e. The van der Waals surface area contributed by atoms with Gasteiger partial charge in [0.25, 0.3) is 0 Å². The molecule has 0 spiro atoms. The maximum atomic E-state index is 9.42. The first-order valence-corrected chi connectivity index (χ1v) is 46.5. The smallest absolute Gasteiger partial charge is 0.423 e. The Kier molecular flexibility index (Phi) is 24.3. The van der Waals surface area contributed by atoms with Crippen LogP contribution in [0.3, 0.4) is 0 Å². The van der Waals surface area contributed by atoms with Crippen LogP contribution in [-0.2, 0) is 0 Å². The summed E-state index contributed by atoms with van der Waals surface area (Å²) in [6, 6.07) is 152. The van der Waals surface area contributed by atoms with Crippen LogP contribution in [0.5, 0.6) is 0 Å². The fraction of sp³-hybridized carbons (Fsp3) is 0. The number of pyridine rings is 8. The standard InChI is InChI=1S/C42H26N2.C24H15BrN2.C18H13BO2.C18H12N2.C12H8N2.C6H4Br2/c1-2-8-28(9-3-1)39-24-21-30-18-19-31-22-25-40(44-42(31)41(30)43-39)29-16-14-27(15-17-29)32-20-23-37-35-12-5-4-10-33(35)34-11-6-7-13-36(34)38(37)26-32;25-20-12-8-17(9-13-20)22-15-11-19-7-6-18-10-14-21(16-4-2-1-3-5-16)26-23(18)24(19)27-22;20-19(21)12-9-10-17-15-7-2-1-5-13(15)14-6-3-4-8-16(14)18(17)11-12;1-2-5-13(6-3-1)16-11-10-15-9-8-14-7-4-12-19-17(14)18(15)20-16;1-3-9-5-6-10-4-2-8-14-12(10)11(9)13-7-1;7-5-1-2-6(8)4-3-5/h1-26H;1-15H;1-11,20-21H;1-12H;1-8H;1-4H. The second-order valence-electron chi connectivity index (χ2n) is 32.6. The molecule has 634 valence electrons. The van der Waals surface area contributed by atoms with E-state index in [-0.39, 0.29) is 0 Å². The first-order valence-electron chi connectivity index (χ1n) is 44.1. The molecule has 0 radical (unpaired) electrons. The van der Waals surface area contributed by atoms with E-state index in [4.69, 9.17) is 24.9 Å². The first-order chi connectivity index (χ1) is 66.0. The molecular weight excluding hydrogens is 1840 g/mol. The number of nitrogens with zero attached hydrogens (tertiary/aromatic N) is 8. The van der Waals surface area contributed by atoms with Crippen molar-refractivity contribution in [3.05, 3.63) is 475 Å². The third-order valence-corrected chi connectivity index (χ3v) is 25.9. The zero-order chi connectivity index (χ0) is 90.4. The number of aromatic nitrogens is 8. The Morgan fingerprint density at radius 3 is 0.694 bits per heavy atom. The molecule has 2 N–H and O–H groups in total. The number of fused-ring (bicyclic) bond motifs is 24. The molecule has 0 unspecified atom stereocenters. The van der Waals surface area contributed by atoms with E-state index >= 15 is 0 Å². The predicted molar refractivity (Wildman–Crippen MR) is 572 cm³/mol. The van der Waals surface area contributed by atoms with Crippen molar-refractivity contribution < 1.29 is 10.0 Å². The molecule has 0 fully saturated rings. The molecule has 0 bridgehead atoms. The first kappa shape index (κ1) is 85.0. The second kappa shape index (κ2) is 38.3. The minimum absolute atomic E-state index is 0.517. The van der Waals surface area contributed by atoms with Gasteiger partial charge >= 0.3 is 7.12 Å². The molecule has 134 heavy (non-hydrogen) atoms. The molecule has 0 aliphatic rings. The molecule has 0 saturated carbocycles. The largest absolute Gasteiger partial charge is 0.488 e. The van der Waals surface area contributed by atoms with E-state index in [1.54, 1.807) is 18.5 Å². The fourth-order valence-corrected chi connectivity index (χ4v) is 18.4. The molecule has 8 heterocycles. The number of hydrogen-bond acceptors (Lipinski definition) is 10. The molecule has 10 nitrogen and oxygen atoms in total. The summed E-state index contributed by atoms with van der Waals surface area (Å²) in [6.45, 7) is 0. The van der Waals surface area contributed by atoms with Crippen LogP contribution >= 0.6 is 47.8 Å². The third-order valence-electron chi connectivity index (χ3n) is 24.3. The Morgan fingerprint density at radius 2 is 0.381 bits per heavy atom. The average Bonchev–Trinajstić information content (AvgIpc) is 0.744. The van der Waals surface area contributed by atoms with E-state index in [1.165, 1.54) is 59.6 Å². The lowest BCUT2D eigenvalue weighted by molar-refractivity contribution is 0.426. The lowest BCUT2D eigenvalue weighted by Gasteiger charge is -2.12. The van der Waals surface area contributed by atoms with Gasteiger partial charge in [-0.2, -0.15) is 0 Å². The highest BCUT2D eigenvalue weighted by molar-refractivity contribution is 9.11. The van der Waals surface area contributed by atoms with Crippen molar-refractivity contribution in [2.45, 2.75) is 0 Å². The van der Waals surface area contributed by atoms with Gasteiger partial charge < -0.3 is 10.0 Å². The lowest BCUT2D eigenvalue weighted by Crippen LogP contribution is -2.29. The summed E-state index contributed by atoms with van der Waals surface area (Å²) in [7, 11) is -1.44. The summed E-state index contributed by atoms with van der Waals surface area (Å²) in [6.07, 6.45) is 5.42. The molecule has 18 aromatic carbocycles. The van der Waals surface area contributed by atoms with Gasteiger partial charge in [-0.1, -0.05) is 400 Å². The monoisotopic (exact) mass is 1910 g/mol. The second-order valence-corrected chi connectivity index (χ2v) is 35.3. The Balaban J connectivity index is 0.000000103. The van der Waals surface area contributed by atoms with Crippen molar-refractivity contribution >= 4 is 212 Å². The topological polar surface area (TPSA) is 144 Å². The molecular formula is C120H78BBr3N8O2. The lowest BCUT2D eigenvalue weighted by atomic mass is 9.78. The van der Waals surface area contributed by atoms with Crippen molar-refractivity contribution in [1.29, 1.82) is 0 Å². The fourth-order valence-electron chi connectivity index (χ4n) is 17.6. The van der Waals surface area contributed by atoms with Crippen LogP contribution in [0.1, 0.15) is 0 Å². The van der Waals surface area contributed by atoms with Crippen LogP contribution in [0.15, 0.2) is 475 Å². The van der Waals surface area contributed by atoms with Crippen molar-refractivity contribution in [3.8, 4) is 67.4 Å². The minimum Gasteiger partial charge on any atom is -0.423 e. The van der Waals surface area contributed by atoms with Gasteiger partial charge in [0, 0.05) is 103 Å². The van der Waals surface area contributed by atoms with Gasteiger partial charge in [-0.05, 0) is 172 Å². The SMILES string of the molecule is Brc1ccc(-c2ccc3ccc4ccc(-c5ccccc5)nc4c3n2)cc1.Brc1ccc(Br)cc1.OB(O)c1ccc2c3ccccc3c3ccccc3c2c1.c1ccc(-c2ccc3ccc4ccc(-c5ccc(-c6ccc7c8ccccc8c8ccccc8c7c6)cc5)nc4c3n2)cc1.c1ccc(-c2ccc3ccc4cccnc4c3n2)cc1.c1cnc2c(c1)ccc1cccnc12. The zero-order valence-corrected chi connectivity index (χ0v) is 76.8.